The molecule has 1 amide bonds. The largest absolute Gasteiger partial charge is 0.385 e. The molecule has 112 valence electrons. The molecule has 1 unspecified atom stereocenters. The van der Waals surface area contributed by atoms with Crippen molar-refractivity contribution in [2.24, 2.45) is 5.92 Å². The molecule has 1 atom stereocenters. The summed E-state index contributed by atoms with van der Waals surface area (Å²) in [6.07, 6.45) is 2.15. The van der Waals surface area contributed by atoms with Crippen molar-refractivity contribution in [2.45, 2.75) is 53.5 Å². The van der Waals surface area contributed by atoms with Crippen LogP contribution in [0.15, 0.2) is 18.2 Å². The van der Waals surface area contributed by atoms with Gasteiger partial charge in [0.15, 0.2) is 0 Å². The number of benzene rings is 1. The van der Waals surface area contributed by atoms with Crippen LogP contribution in [0.2, 0.25) is 0 Å². The number of aryl methyl sites for hydroxylation is 1. The van der Waals surface area contributed by atoms with Crippen molar-refractivity contribution < 1.29 is 4.79 Å². The molecule has 20 heavy (non-hydrogen) atoms. The molecular weight excluding hydrogens is 248 g/mol. The fourth-order valence-corrected chi connectivity index (χ4v) is 2.15. The Bertz CT molecular complexity index is 441. The maximum Gasteiger partial charge on any atom is 0.253 e. The fraction of sp³-hybridized carbons (Fsp3) is 0.588. The van der Waals surface area contributed by atoms with Gasteiger partial charge in [0.25, 0.3) is 5.91 Å². The van der Waals surface area contributed by atoms with E-state index in [2.05, 4.69) is 31.4 Å². The van der Waals surface area contributed by atoms with Crippen LogP contribution in [0.4, 0.5) is 5.69 Å². The van der Waals surface area contributed by atoms with E-state index >= 15 is 0 Å². The molecule has 0 heterocycles. The molecule has 3 nitrogen and oxygen atoms in total. The SMILES string of the molecule is CCNc1ccc(C)cc1C(=O)NC(C)CCC(C)C. The summed E-state index contributed by atoms with van der Waals surface area (Å²) < 4.78 is 0. The lowest BCUT2D eigenvalue weighted by molar-refractivity contribution is 0.0938. The highest BCUT2D eigenvalue weighted by molar-refractivity contribution is 6.00. The maximum atomic E-state index is 12.4. The van der Waals surface area contributed by atoms with Gasteiger partial charge in [-0.25, -0.2) is 0 Å². The summed E-state index contributed by atoms with van der Waals surface area (Å²) in [5.41, 5.74) is 2.75. The molecule has 0 radical (unpaired) electrons. The molecule has 0 saturated carbocycles. The Hall–Kier alpha value is -1.51. The highest BCUT2D eigenvalue weighted by Gasteiger charge is 2.14. The number of carbonyl (C=O) groups excluding carboxylic acids is 1. The minimum Gasteiger partial charge on any atom is -0.385 e. The number of nitrogens with one attached hydrogen (secondary N) is 2. The smallest absolute Gasteiger partial charge is 0.253 e. The zero-order chi connectivity index (χ0) is 15.1. The predicted octanol–water partition coefficient (Wildman–Crippen LogP) is 3.98. The summed E-state index contributed by atoms with van der Waals surface area (Å²) in [7, 11) is 0. The van der Waals surface area contributed by atoms with E-state index in [4.69, 9.17) is 0 Å². The van der Waals surface area contributed by atoms with Gasteiger partial charge in [-0.2, -0.15) is 0 Å². The van der Waals surface area contributed by atoms with Gasteiger partial charge in [0.2, 0.25) is 0 Å². The molecule has 0 aromatic heterocycles. The Morgan fingerprint density at radius 1 is 1.20 bits per heavy atom. The van der Waals surface area contributed by atoms with E-state index in [0.29, 0.717) is 5.92 Å². The van der Waals surface area contributed by atoms with Crippen LogP contribution in [0.1, 0.15) is 56.5 Å². The number of hydrogen-bond donors (Lipinski definition) is 2. The second-order valence-electron chi connectivity index (χ2n) is 5.93. The van der Waals surface area contributed by atoms with Gasteiger partial charge < -0.3 is 10.6 Å². The normalized spacial score (nSPS) is 12.3. The van der Waals surface area contributed by atoms with E-state index in [1.165, 1.54) is 0 Å². The molecule has 0 aliphatic carbocycles. The van der Waals surface area contributed by atoms with Gasteiger partial charge in [0.05, 0.1) is 5.56 Å². The fourth-order valence-electron chi connectivity index (χ4n) is 2.15. The maximum absolute atomic E-state index is 12.4. The summed E-state index contributed by atoms with van der Waals surface area (Å²) in [5.74, 6) is 0.687. The monoisotopic (exact) mass is 276 g/mol. The lowest BCUT2D eigenvalue weighted by Gasteiger charge is -2.17. The molecular formula is C17H28N2O. The Labute approximate surface area is 123 Å². The first-order valence-electron chi connectivity index (χ1n) is 7.59. The molecule has 0 saturated heterocycles. The van der Waals surface area contributed by atoms with Gasteiger partial charge in [0.1, 0.15) is 0 Å². The van der Waals surface area contributed by atoms with E-state index in [1.54, 1.807) is 0 Å². The molecule has 1 rings (SSSR count). The first-order chi connectivity index (χ1) is 9.43. The summed E-state index contributed by atoms with van der Waals surface area (Å²) in [6.45, 7) is 11.3. The molecule has 2 N–H and O–H groups in total. The third-order valence-electron chi connectivity index (χ3n) is 3.34. The van der Waals surface area contributed by atoms with Crippen LogP contribution in [-0.4, -0.2) is 18.5 Å². The van der Waals surface area contributed by atoms with Gasteiger partial charge in [0, 0.05) is 18.3 Å². The number of anilines is 1. The van der Waals surface area contributed by atoms with Crippen LogP contribution in [0.5, 0.6) is 0 Å². The average molecular weight is 276 g/mol. The Morgan fingerprint density at radius 3 is 2.50 bits per heavy atom. The van der Waals surface area contributed by atoms with E-state index in [1.807, 2.05) is 32.0 Å². The first-order valence-corrected chi connectivity index (χ1v) is 7.59. The van der Waals surface area contributed by atoms with Crippen molar-refractivity contribution in [1.29, 1.82) is 0 Å². The van der Waals surface area contributed by atoms with Crippen molar-refractivity contribution in [1.82, 2.24) is 5.32 Å². The van der Waals surface area contributed by atoms with Crippen LogP contribution < -0.4 is 10.6 Å². The van der Waals surface area contributed by atoms with E-state index in [-0.39, 0.29) is 11.9 Å². The molecule has 1 aromatic rings. The van der Waals surface area contributed by atoms with Crippen molar-refractivity contribution in [3.05, 3.63) is 29.3 Å². The molecule has 0 aliphatic rings. The third-order valence-corrected chi connectivity index (χ3v) is 3.34. The molecule has 0 fully saturated rings. The Morgan fingerprint density at radius 2 is 1.90 bits per heavy atom. The number of amides is 1. The van der Waals surface area contributed by atoms with E-state index < -0.39 is 0 Å². The third kappa shape index (κ3) is 5.24. The van der Waals surface area contributed by atoms with Crippen LogP contribution in [0.25, 0.3) is 0 Å². The summed E-state index contributed by atoms with van der Waals surface area (Å²) >= 11 is 0. The summed E-state index contributed by atoms with van der Waals surface area (Å²) in [4.78, 5) is 12.4. The second kappa shape index (κ2) is 7.93. The number of rotatable bonds is 7. The van der Waals surface area contributed by atoms with Crippen molar-refractivity contribution in [3.63, 3.8) is 0 Å². The lowest BCUT2D eigenvalue weighted by Crippen LogP contribution is -2.33. The molecule has 0 spiro atoms. The van der Waals surface area contributed by atoms with Gasteiger partial charge in [-0.15, -0.1) is 0 Å². The minimum absolute atomic E-state index is 0.0147. The van der Waals surface area contributed by atoms with Crippen LogP contribution in [0.3, 0.4) is 0 Å². The molecule has 0 bridgehead atoms. The van der Waals surface area contributed by atoms with Gasteiger partial charge >= 0.3 is 0 Å². The number of hydrogen-bond acceptors (Lipinski definition) is 2. The predicted molar refractivity (Wildman–Crippen MR) is 86.3 cm³/mol. The van der Waals surface area contributed by atoms with Crippen molar-refractivity contribution >= 4 is 11.6 Å². The van der Waals surface area contributed by atoms with E-state index in [9.17, 15) is 4.79 Å². The minimum atomic E-state index is 0.0147. The highest BCUT2D eigenvalue weighted by atomic mass is 16.1. The van der Waals surface area contributed by atoms with Crippen molar-refractivity contribution in [2.75, 3.05) is 11.9 Å². The summed E-state index contributed by atoms with van der Waals surface area (Å²) in [5, 5.41) is 6.35. The molecule has 1 aromatic carbocycles. The molecule has 3 heteroatoms. The molecule has 0 aliphatic heterocycles. The van der Waals surface area contributed by atoms with Crippen LogP contribution in [-0.2, 0) is 0 Å². The van der Waals surface area contributed by atoms with Crippen LogP contribution >= 0.6 is 0 Å². The standard InChI is InChI=1S/C17H28N2O/c1-6-18-16-10-8-13(4)11-15(16)17(20)19-14(5)9-7-12(2)3/h8,10-12,14,18H,6-7,9H2,1-5H3,(H,19,20). The lowest BCUT2D eigenvalue weighted by atomic mass is 10.0. The summed E-state index contributed by atoms with van der Waals surface area (Å²) in [6, 6.07) is 6.16. The van der Waals surface area contributed by atoms with Crippen LogP contribution in [0, 0.1) is 12.8 Å². The highest BCUT2D eigenvalue weighted by Crippen LogP contribution is 2.18. The Kier molecular flexibility index (Phi) is 6.56. The van der Waals surface area contributed by atoms with Gasteiger partial charge in [-0.1, -0.05) is 25.5 Å². The second-order valence-corrected chi connectivity index (χ2v) is 5.93. The zero-order valence-electron chi connectivity index (χ0n) is 13.4. The average Bonchev–Trinajstić information content (AvgIpc) is 2.38. The van der Waals surface area contributed by atoms with Crippen molar-refractivity contribution in [3.8, 4) is 0 Å². The first kappa shape index (κ1) is 16.5. The number of carbonyl (C=O) groups is 1. The Balaban J connectivity index is 2.73. The van der Waals surface area contributed by atoms with Gasteiger partial charge in [-0.05, 0) is 51.7 Å². The quantitative estimate of drug-likeness (QED) is 0.791. The van der Waals surface area contributed by atoms with Gasteiger partial charge in [-0.3, -0.25) is 4.79 Å². The zero-order valence-corrected chi connectivity index (χ0v) is 13.4. The topological polar surface area (TPSA) is 41.1 Å². The van der Waals surface area contributed by atoms with E-state index in [0.717, 1.165) is 36.2 Å².